The summed E-state index contributed by atoms with van der Waals surface area (Å²) in [5.41, 5.74) is 9.81. The van der Waals surface area contributed by atoms with E-state index in [0.29, 0.717) is 13.1 Å². The molecular weight excluding hydrogens is 216 g/mol. The normalized spacial score (nSPS) is 6.00. The van der Waals surface area contributed by atoms with E-state index in [1.54, 1.807) is 0 Å². The molecule has 0 bridgehead atoms. The number of hydrogen-bond donors (Lipinski definition) is 2. The van der Waals surface area contributed by atoms with Crippen LogP contribution in [0.3, 0.4) is 0 Å². The minimum absolute atomic E-state index is 0. The summed E-state index contributed by atoms with van der Waals surface area (Å²) in [5, 5.41) is 29.5. The SMILES string of the molecule is NCCN.O=[N+]([O-])[O-].O=[N+]([O-])[O-].[Ca+2]. The van der Waals surface area contributed by atoms with Gasteiger partial charge in [-0.3, -0.25) is 0 Å². The predicted molar refractivity (Wildman–Crippen MR) is 44.6 cm³/mol. The third-order valence-corrected chi connectivity index (χ3v) is 0.167. The molecule has 0 aromatic rings. The van der Waals surface area contributed by atoms with Crippen LogP contribution in [0.5, 0.6) is 0 Å². The molecule has 0 spiro atoms. The van der Waals surface area contributed by atoms with Crippen LogP contribution >= 0.6 is 0 Å². The van der Waals surface area contributed by atoms with Crippen LogP contribution in [0.4, 0.5) is 0 Å². The molecule has 0 rings (SSSR count). The second kappa shape index (κ2) is 22.6. The molecule has 74 valence electrons. The number of nitrogens with zero attached hydrogens (tertiary/aromatic N) is 2. The van der Waals surface area contributed by atoms with Gasteiger partial charge in [0.25, 0.3) is 0 Å². The van der Waals surface area contributed by atoms with Crippen molar-refractivity contribution >= 4 is 37.7 Å². The van der Waals surface area contributed by atoms with E-state index in [9.17, 15) is 0 Å². The Kier molecular flexibility index (Phi) is 39.8. The molecule has 0 aromatic heterocycles. The topological polar surface area (TPSA) is 184 Å². The van der Waals surface area contributed by atoms with Crippen LogP contribution in [-0.2, 0) is 0 Å². The van der Waals surface area contributed by atoms with Crippen LogP contribution in [0.25, 0.3) is 0 Å². The van der Waals surface area contributed by atoms with Crippen LogP contribution < -0.4 is 11.5 Å². The maximum absolute atomic E-state index is 8.25. The zero-order chi connectivity index (χ0) is 10.6. The van der Waals surface area contributed by atoms with Crippen LogP contribution in [0.2, 0.25) is 0 Å². The summed E-state index contributed by atoms with van der Waals surface area (Å²) in [4.78, 5) is 16.5. The van der Waals surface area contributed by atoms with E-state index in [-0.39, 0.29) is 37.7 Å². The Morgan fingerprint density at radius 1 is 0.846 bits per heavy atom. The standard InChI is InChI=1S/C2H8N2.Ca.2NO3/c3-1-2-4;;2*2-1(3)4/h1-4H2;;;/q;+2;2*-1. The van der Waals surface area contributed by atoms with Crippen molar-refractivity contribution in [2.24, 2.45) is 11.5 Å². The van der Waals surface area contributed by atoms with E-state index < -0.39 is 10.2 Å². The Morgan fingerprint density at radius 3 is 0.923 bits per heavy atom. The predicted octanol–water partition coefficient (Wildman–Crippen LogP) is -1.96. The molecule has 0 fully saturated rings. The van der Waals surface area contributed by atoms with Crippen LogP contribution in [0, 0.1) is 30.6 Å². The average Bonchev–Trinajstić information content (AvgIpc) is 1.85. The van der Waals surface area contributed by atoms with Gasteiger partial charge in [-0.15, -0.1) is 0 Å². The van der Waals surface area contributed by atoms with Gasteiger partial charge in [0.05, 0.1) is 10.2 Å². The van der Waals surface area contributed by atoms with Crippen LogP contribution in [0.15, 0.2) is 0 Å². The van der Waals surface area contributed by atoms with Gasteiger partial charge in [0.1, 0.15) is 0 Å². The molecule has 0 aliphatic rings. The minimum atomic E-state index is -1.75. The first-order chi connectivity index (χ1) is 5.38. The van der Waals surface area contributed by atoms with Gasteiger partial charge in [0, 0.05) is 13.1 Å². The average molecular weight is 224 g/mol. The molecule has 0 saturated heterocycles. The molecule has 0 radical (unpaired) electrons. The Labute approximate surface area is 103 Å². The van der Waals surface area contributed by atoms with Crippen molar-refractivity contribution in [1.29, 1.82) is 0 Å². The summed E-state index contributed by atoms with van der Waals surface area (Å²) in [6.07, 6.45) is 0. The second-order valence-corrected chi connectivity index (χ2v) is 1.02. The van der Waals surface area contributed by atoms with Crippen LogP contribution in [0.1, 0.15) is 0 Å². The van der Waals surface area contributed by atoms with Crippen molar-refractivity contribution in [2.75, 3.05) is 13.1 Å². The fourth-order valence-electron chi connectivity index (χ4n) is 0. The van der Waals surface area contributed by atoms with Gasteiger partial charge in [0.2, 0.25) is 0 Å². The first-order valence-electron chi connectivity index (χ1n) is 2.41. The zero-order valence-corrected chi connectivity index (χ0v) is 8.83. The zero-order valence-electron chi connectivity index (χ0n) is 6.62. The van der Waals surface area contributed by atoms with Gasteiger partial charge < -0.3 is 42.1 Å². The number of nitrogens with two attached hydrogens (primary N) is 2. The van der Waals surface area contributed by atoms with Gasteiger partial charge in [-0.25, -0.2) is 0 Å². The molecule has 0 atom stereocenters. The molecule has 11 heteroatoms. The van der Waals surface area contributed by atoms with E-state index in [2.05, 4.69) is 0 Å². The molecule has 13 heavy (non-hydrogen) atoms. The Hall–Kier alpha value is -0.420. The smallest absolute Gasteiger partial charge is 0.356 e. The molecule has 0 aromatic carbocycles. The number of hydrogen-bond acceptors (Lipinski definition) is 8. The molecule has 0 aliphatic heterocycles. The summed E-state index contributed by atoms with van der Waals surface area (Å²) in [7, 11) is 0. The maximum atomic E-state index is 8.25. The number of rotatable bonds is 1. The van der Waals surface area contributed by atoms with Crippen molar-refractivity contribution in [3.05, 3.63) is 30.6 Å². The fraction of sp³-hybridized carbons (Fsp3) is 1.00. The van der Waals surface area contributed by atoms with E-state index in [1.165, 1.54) is 0 Å². The maximum Gasteiger partial charge on any atom is 2.00 e. The van der Waals surface area contributed by atoms with Crippen molar-refractivity contribution < 1.29 is 10.2 Å². The van der Waals surface area contributed by atoms with Gasteiger partial charge in [0.15, 0.2) is 0 Å². The van der Waals surface area contributed by atoms with Gasteiger partial charge in [-0.2, -0.15) is 0 Å². The first-order valence-corrected chi connectivity index (χ1v) is 2.41. The third-order valence-electron chi connectivity index (χ3n) is 0.167. The van der Waals surface area contributed by atoms with E-state index in [0.717, 1.165) is 0 Å². The minimum Gasteiger partial charge on any atom is -0.356 e. The molecule has 0 heterocycles. The fourth-order valence-corrected chi connectivity index (χ4v) is 0. The summed E-state index contributed by atoms with van der Waals surface area (Å²) in [6, 6.07) is 0. The van der Waals surface area contributed by atoms with E-state index in [4.69, 9.17) is 42.1 Å². The summed E-state index contributed by atoms with van der Waals surface area (Å²) in [5.74, 6) is 0. The largest absolute Gasteiger partial charge is 2.00 e. The van der Waals surface area contributed by atoms with Crippen molar-refractivity contribution in [3.63, 3.8) is 0 Å². The Balaban J connectivity index is -0.0000000450. The van der Waals surface area contributed by atoms with Crippen molar-refractivity contribution in [1.82, 2.24) is 0 Å². The molecule has 0 aliphatic carbocycles. The first kappa shape index (κ1) is 22.9. The molecular formula is C2H8CaN4O6. The quantitative estimate of drug-likeness (QED) is 0.292. The van der Waals surface area contributed by atoms with Gasteiger partial charge >= 0.3 is 37.7 Å². The van der Waals surface area contributed by atoms with Crippen LogP contribution in [-0.4, -0.2) is 61.0 Å². The third kappa shape index (κ3) is 3160. The molecule has 10 nitrogen and oxygen atoms in total. The molecule has 0 saturated carbocycles. The van der Waals surface area contributed by atoms with Gasteiger partial charge in [-0.1, -0.05) is 0 Å². The summed E-state index contributed by atoms with van der Waals surface area (Å²) >= 11 is 0. The van der Waals surface area contributed by atoms with Gasteiger partial charge in [-0.05, 0) is 0 Å². The Bertz CT molecular complexity index is 99.2. The monoisotopic (exact) mass is 224 g/mol. The van der Waals surface area contributed by atoms with Crippen molar-refractivity contribution in [2.45, 2.75) is 0 Å². The Morgan fingerprint density at radius 2 is 0.923 bits per heavy atom. The molecule has 0 unspecified atom stereocenters. The summed E-state index contributed by atoms with van der Waals surface area (Å²) in [6.45, 7) is 1.19. The molecule has 0 amide bonds. The second-order valence-electron chi connectivity index (χ2n) is 1.02. The summed E-state index contributed by atoms with van der Waals surface area (Å²) < 4.78 is 0. The van der Waals surface area contributed by atoms with Crippen molar-refractivity contribution in [3.8, 4) is 0 Å². The molecule has 4 N–H and O–H groups in total. The van der Waals surface area contributed by atoms with E-state index >= 15 is 0 Å². The van der Waals surface area contributed by atoms with E-state index in [1.807, 2.05) is 0 Å².